The molecule has 1 aliphatic carbocycles. The lowest BCUT2D eigenvalue weighted by Crippen LogP contribution is -2.57. The maximum absolute atomic E-state index is 12.8. The number of fused-ring (bicyclic) bond motifs is 2. The van der Waals surface area contributed by atoms with Gasteiger partial charge in [-0.25, -0.2) is 4.79 Å². The number of amides is 2. The number of nitrogens with zero attached hydrogens (tertiary/aromatic N) is 2. The minimum absolute atomic E-state index is 0.0358. The number of piperidine rings is 1. The number of aromatic nitrogens is 1. The second-order valence-electron chi connectivity index (χ2n) is 9.05. The SMILES string of the molecule is CCCN1C[C@@H](NC(=O)N(CC)CC)CC2c3cc(C(C)O)cc4[nH]c(Br)c(c34)C[C@H]21. The molecule has 7 heteroatoms. The number of nitrogens with one attached hydrogen (secondary N) is 2. The molecule has 2 amide bonds. The fourth-order valence-electron chi connectivity index (χ4n) is 5.60. The number of aromatic amines is 1. The molecule has 2 heterocycles. The number of likely N-dealkylation sites (tertiary alicyclic amines) is 1. The summed E-state index contributed by atoms with van der Waals surface area (Å²) in [6.45, 7) is 11.4. The molecule has 1 aromatic heterocycles. The summed E-state index contributed by atoms with van der Waals surface area (Å²) < 4.78 is 1.05. The van der Waals surface area contributed by atoms with Crippen LogP contribution in [0.1, 0.15) is 69.2 Å². The van der Waals surface area contributed by atoms with Gasteiger partial charge in [-0.05, 0) is 85.3 Å². The zero-order valence-corrected chi connectivity index (χ0v) is 20.6. The molecule has 1 aliphatic heterocycles. The van der Waals surface area contributed by atoms with Crippen LogP contribution in [0.25, 0.3) is 10.9 Å². The lowest BCUT2D eigenvalue weighted by molar-refractivity contribution is 0.0977. The van der Waals surface area contributed by atoms with Gasteiger partial charge in [0.15, 0.2) is 0 Å². The summed E-state index contributed by atoms with van der Waals surface area (Å²) in [7, 11) is 0. The molecule has 6 nitrogen and oxygen atoms in total. The van der Waals surface area contributed by atoms with Gasteiger partial charge in [0.05, 0.1) is 10.7 Å². The summed E-state index contributed by atoms with van der Waals surface area (Å²) >= 11 is 3.75. The van der Waals surface area contributed by atoms with Crippen LogP contribution in [-0.4, -0.2) is 64.2 Å². The van der Waals surface area contributed by atoms with Crippen LogP contribution in [0, 0.1) is 0 Å². The highest BCUT2D eigenvalue weighted by atomic mass is 79.9. The van der Waals surface area contributed by atoms with Crippen LogP contribution in [-0.2, 0) is 6.42 Å². The Morgan fingerprint density at radius 1 is 1.35 bits per heavy atom. The quantitative estimate of drug-likeness (QED) is 0.556. The van der Waals surface area contributed by atoms with E-state index in [2.05, 4.69) is 50.2 Å². The van der Waals surface area contributed by atoms with Gasteiger partial charge >= 0.3 is 6.03 Å². The number of aliphatic hydroxyl groups excluding tert-OH is 1. The smallest absolute Gasteiger partial charge is 0.317 e. The lowest BCUT2D eigenvalue weighted by Gasteiger charge is -2.47. The van der Waals surface area contributed by atoms with Crippen molar-refractivity contribution < 1.29 is 9.90 Å². The van der Waals surface area contributed by atoms with Crippen LogP contribution in [0.3, 0.4) is 0 Å². The zero-order valence-electron chi connectivity index (χ0n) is 19.0. The number of aliphatic hydroxyl groups is 1. The van der Waals surface area contributed by atoms with Crippen LogP contribution in [0.5, 0.6) is 0 Å². The van der Waals surface area contributed by atoms with E-state index < -0.39 is 6.10 Å². The first-order valence-corrected chi connectivity index (χ1v) is 12.5. The van der Waals surface area contributed by atoms with Crippen molar-refractivity contribution in [3.05, 3.63) is 33.4 Å². The maximum atomic E-state index is 12.8. The molecule has 0 radical (unpaired) electrons. The second kappa shape index (κ2) is 9.12. The van der Waals surface area contributed by atoms with Gasteiger partial charge in [-0.15, -0.1) is 0 Å². The summed E-state index contributed by atoms with van der Waals surface area (Å²) in [6, 6.07) is 4.84. The molecule has 2 aliphatic rings. The monoisotopic (exact) mass is 490 g/mol. The fourth-order valence-corrected chi connectivity index (χ4v) is 6.18. The topological polar surface area (TPSA) is 71.6 Å². The lowest BCUT2D eigenvalue weighted by atomic mass is 9.73. The molecule has 1 fully saturated rings. The summed E-state index contributed by atoms with van der Waals surface area (Å²) in [4.78, 5) is 20.7. The molecule has 4 atom stereocenters. The van der Waals surface area contributed by atoms with Gasteiger partial charge in [0.1, 0.15) is 0 Å². The number of halogens is 1. The number of hydrogen-bond donors (Lipinski definition) is 3. The molecular formula is C24H35BrN4O2. The van der Waals surface area contributed by atoms with Crippen LogP contribution < -0.4 is 5.32 Å². The molecule has 0 bridgehead atoms. The highest BCUT2D eigenvalue weighted by Gasteiger charge is 2.42. The highest BCUT2D eigenvalue weighted by Crippen LogP contribution is 2.46. The fraction of sp³-hybridized carbons (Fsp3) is 0.625. The minimum Gasteiger partial charge on any atom is -0.389 e. The normalized spacial score (nSPS) is 24.1. The summed E-state index contributed by atoms with van der Waals surface area (Å²) in [5, 5.41) is 14.9. The Hall–Kier alpha value is -1.57. The van der Waals surface area contributed by atoms with Gasteiger partial charge in [0, 0.05) is 48.5 Å². The summed E-state index contributed by atoms with van der Waals surface area (Å²) in [5.74, 6) is 0.332. The molecule has 0 spiro atoms. The molecule has 170 valence electrons. The van der Waals surface area contributed by atoms with Crippen LogP contribution >= 0.6 is 15.9 Å². The van der Waals surface area contributed by atoms with E-state index >= 15 is 0 Å². The van der Waals surface area contributed by atoms with Crippen molar-refractivity contribution in [1.82, 2.24) is 20.1 Å². The Bertz CT molecular complexity index is 953. The molecule has 31 heavy (non-hydrogen) atoms. The molecule has 2 aromatic rings. The average molecular weight is 491 g/mol. The Balaban J connectivity index is 1.73. The van der Waals surface area contributed by atoms with Gasteiger partial charge in [-0.1, -0.05) is 13.0 Å². The first kappa shape index (κ1) is 22.6. The molecule has 1 aromatic carbocycles. The van der Waals surface area contributed by atoms with Crippen molar-refractivity contribution in [2.24, 2.45) is 0 Å². The van der Waals surface area contributed by atoms with Gasteiger partial charge in [0.2, 0.25) is 0 Å². The van der Waals surface area contributed by atoms with Gasteiger partial charge in [0.25, 0.3) is 0 Å². The zero-order chi connectivity index (χ0) is 22.3. The van der Waals surface area contributed by atoms with E-state index in [0.717, 1.165) is 61.1 Å². The minimum atomic E-state index is -0.514. The number of H-pyrrole nitrogens is 1. The van der Waals surface area contributed by atoms with Crippen LogP contribution in [0.15, 0.2) is 16.7 Å². The molecule has 4 rings (SSSR count). The molecule has 2 unspecified atom stereocenters. The van der Waals surface area contributed by atoms with E-state index in [-0.39, 0.29) is 12.1 Å². The van der Waals surface area contributed by atoms with E-state index in [1.165, 1.54) is 16.5 Å². The largest absolute Gasteiger partial charge is 0.389 e. The Kier molecular flexibility index (Phi) is 6.65. The van der Waals surface area contributed by atoms with Gasteiger partial charge < -0.3 is 20.3 Å². The van der Waals surface area contributed by atoms with Crippen LogP contribution in [0.4, 0.5) is 4.79 Å². The van der Waals surface area contributed by atoms with Gasteiger partial charge in [-0.2, -0.15) is 0 Å². The van der Waals surface area contributed by atoms with Crippen molar-refractivity contribution in [2.45, 2.75) is 71.1 Å². The van der Waals surface area contributed by atoms with E-state index in [1.807, 2.05) is 25.7 Å². The molecular weight excluding hydrogens is 456 g/mol. The van der Waals surface area contributed by atoms with E-state index in [0.29, 0.717) is 12.0 Å². The Labute approximate surface area is 193 Å². The van der Waals surface area contributed by atoms with Crippen molar-refractivity contribution in [3.8, 4) is 0 Å². The highest BCUT2D eigenvalue weighted by molar-refractivity contribution is 9.10. The first-order chi connectivity index (χ1) is 14.9. The maximum Gasteiger partial charge on any atom is 0.317 e. The molecule has 3 N–H and O–H groups in total. The predicted molar refractivity (Wildman–Crippen MR) is 129 cm³/mol. The standard InChI is InChI=1S/C24H35BrN4O2/c1-5-8-29-13-16(26-24(31)28(6-2)7-3)11-17-18-9-15(14(4)30)10-20-22(18)19(12-21(17)29)23(25)27-20/h9-10,14,16-17,21,27,30H,5-8,11-13H2,1-4H3,(H,26,31)/t14?,16-,17?,21+/m0/s1. The predicted octanol–water partition coefficient (Wildman–Crippen LogP) is 4.53. The number of benzene rings is 1. The van der Waals surface area contributed by atoms with Crippen molar-refractivity contribution >= 4 is 32.9 Å². The van der Waals surface area contributed by atoms with Crippen LogP contribution in [0.2, 0.25) is 0 Å². The number of urea groups is 1. The number of carbonyl (C=O) groups excluding carboxylic acids is 1. The third-order valence-electron chi connectivity index (χ3n) is 7.11. The second-order valence-corrected chi connectivity index (χ2v) is 9.85. The molecule has 0 saturated carbocycles. The van der Waals surface area contributed by atoms with Gasteiger partial charge in [-0.3, -0.25) is 4.90 Å². The van der Waals surface area contributed by atoms with Crippen molar-refractivity contribution in [3.63, 3.8) is 0 Å². The van der Waals surface area contributed by atoms with E-state index in [1.54, 1.807) is 0 Å². The Morgan fingerprint density at radius 2 is 2.10 bits per heavy atom. The van der Waals surface area contributed by atoms with Crippen molar-refractivity contribution in [1.29, 1.82) is 0 Å². The number of rotatable bonds is 6. The average Bonchev–Trinajstić information content (AvgIpc) is 3.05. The number of carbonyl (C=O) groups is 1. The number of hydrogen-bond acceptors (Lipinski definition) is 3. The summed E-state index contributed by atoms with van der Waals surface area (Å²) in [5.41, 5.74) is 4.68. The Morgan fingerprint density at radius 3 is 2.74 bits per heavy atom. The molecule has 1 saturated heterocycles. The summed E-state index contributed by atoms with van der Waals surface area (Å²) in [6.07, 6.45) is 2.51. The van der Waals surface area contributed by atoms with E-state index in [4.69, 9.17) is 0 Å². The third kappa shape index (κ3) is 4.12. The van der Waals surface area contributed by atoms with Crippen molar-refractivity contribution in [2.75, 3.05) is 26.2 Å². The van der Waals surface area contributed by atoms with E-state index in [9.17, 15) is 9.90 Å². The third-order valence-corrected chi connectivity index (χ3v) is 7.79. The first-order valence-electron chi connectivity index (χ1n) is 11.7.